The van der Waals surface area contributed by atoms with Crippen LogP contribution < -0.4 is 4.74 Å². The summed E-state index contributed by atoms with van der Waals surface area (Å²) in [5.41, 5.74) is 3.58. The van der Waals surface area contributed by atoms with Crippen molar-refractivity contribution in [1.29, 1.82) is 0 Å². The van der Waals surface area contributed by atoms with Crippen molar-refractivity contribution in [2.45, 2.75) is 90.9 Å². The SMILES string of the molecule is CCCCCCCCCc1ccc(C(=O)Oc2ccc(-c3ncc(CCCCC)cn3)cc2)cc1Cl. The highest BCUT2D eigenvalue weighted by molar-refractivity contribution is 6.31. The summed E-state index contributed by atoms with van der Waals surface area (Å²) < 4.78 is 5.57. The summed E-state index contributed by atoms with van der Waals surface area (Å²) in [6, 6.07) is 12.7. The third-order valence-electron chi connectivity index (χ3n) is 6.44. The van der Waals surface area contributed by atoms with Gasteiger partial charge in [-0.15, -0.1) is 0 Å². The summed E-state index contributed by atoms with van der Waals surface area (Å²) in [7, 11) is 0. The number of ether oxygens (including phenoxy) is 1. The van der Waals surface area contributed by atoms with Crippen molar-refractivity contribution in [3.8, 4) is 17.1 Å². The molecule has 0 aliphatic carbocycles. The second-order valence-electron chi connectivity index (χ2n) is 9.46. The van der Waals surface area contributed by atoms with E-state index in [-0.39, 0.29) is 0 Å². The molecule has 3 aromatic rings. The molecule has 0 amide bonds. The Morgan fingerprint density at radius 1 is 0.778 bits per heavy atom. The van der Waals surface area contributed by atoms with Gasteiger partial charge >= 0.3 is 5.97 Å². The number of carbonyl (C=O) groups excluding carboxylic acids is 1. The third kappa shape index (κ3) is 9.05. The molecule has 5 heteroatoms. The number of hydrogen-bond acceptors (Lipinski definition) is 4. The van der Waals surface area contributed by atoms with Gasteiger partial charge in [-0.3, -0.25) is 0 Å². The highest BCUT2D eigenvalue weighted by atomic mass is 35.5. The Morgan fingerprint density at radius 2 is 1.39 bits per heavy atom. The van der Waals surface area contributed by atoms with Gasteiger partial charge in [-0.1, -0.05) is 82.9 Å². The lowest BCUT2D eigenvalue weighted by Crippen LogP contribution is -2.08. The van der Waals surface area contributed by atoms with Gasteiger partial charge in [0.05, 0.1) is 5.56 Å². The molecule has 3 rings (SSSR count). The van der Waals surface area contributed by atoms with Crippen molar-refractivity contribution in [3.05, 3.63) is 76.6 Å². The number of hydrogen-bond donors (Lipinski definition) is 0. The molecule has 0 atom stereocenters. The summed E-state index contributed by atoms with van der Waals surface area (Å²) in [5, 5.41) is 0.626. The molecule has 0 unspecified atom stereocenters. The Balaban J connectivity index is 1.49. The van der Waals surface area contributed by atoms with Gasteiger partial charge in [0, 0.05) is 23.0 Å². The summed E-state index contributed by atoms with van der Waals surface area (Å²) in [5.74, 6) is 0.721. The highest BCUT2D eigenvalue weighted by Crippen LogP contribution is 2.23. The predicted molar refractivity (Wildman–Crippen MR) is 149 cm³/mol. The van der Waals surface area contributed by atoms with Crippen molar-refractivity contribution < 1.29 is 9.53 Å². The molecule has 0 saturated heterocycles. The van der Waals surface area contributed by atoms with Gasteiger partial charge in [-0.25, -0.2) is 14.8 Å². The van der Waals surface area contributed by atoms with Crippen molar-refractivity contribution in [2.24, 2.45) is 0 Å². The van der Waals surface area contributed by atoms with Gasteiger partial charge in [0.15, 0.2) is 5.82 Å². The van der Waals surface area contributed by atoms with E-state index in [1.54, 1.807) is 24.3 Å². The Bertz CT molecular complexity index is 1060. The maximum absolute atomic E-state index is 12.7. The van der Waals surface area contributed by atoms with E-state index < -0.39 is 5.97 Å². The monoisotopic (exact) mass is 506 g/mol. The molecule has 192 valence electrons. The lowest BCUT2D eigenvalue weighted by Gasteiger charge is -2.09. The van der Waals surface area contributed by atoms with Crippen LogP contribution in [0.25, 0.3) is 11.4 Å². The summed E-state index contributed by atoms with van der Waals surface area (Å²) >= 11 is 6.47. The number of unbranched alkanes of at least 4 members (excludes halogenated alkanes) is 8. The van der Waals surface area contributed by atoms with Crippen LogP contribution in [0.15, 0.2) is 54.9 Å². The van der Waals surface area contributed by atoms with Crippen LogP contribution in [-0.2, 0) is 12.8 Å². The number of rotatable bonds is 15. The summed E-state index contributed by atoms with van der Waals surface area (Å²) in [6.07, 6.45) is 18.2. The summed E-state index contributed by atoms with van der Waals surface area (Å²) in [6.45, 7) is 4.44. The standard InChI is InChI=1S/C31H39ClN2O2/c1-3-5-7-8-9-10-12-14-25-15-16-27(21-29(25)32)31(35)36-28-19-17-26(18-20-28)30-33-22-24(23-34-30)13-11-6-4-2/h15-23H,3-14H2,1-2H3. The quantitative estimate of drug-likeness (QED) is 0.117. The molecule has 0 fully saturated rings. The average Bonchev–Trinajstić information content (AvgIpc) is 2.90. The number of benzene rings is 2. The first kappa shape index (κ1) is 27.9. The molecule has 0 spiro atoms. The van der Waals surface area contributed by atoms with Crippen molar-refractivity contribution >= 4 is 17.6 Å². The first-order valence-electron chi connectivity index (χ1n) is 13.5. The van der Waals surface area contributed by atoms with E-state index in [4.69, 9.17) is 16.3 Å². The number of nitrogens with zero attached hydrogens (tertiary/aromatic N) is 2. The van der Waals surface area contributed by atoms with Gasteiger partial charge in [0.25, 0.3) is 0 Å². The minimum absolute atomic E-state index is 0.417. The third-order valence-corrected chi connectivity index (χ3v) is 6.79. The lowest BCUT2D eigenvalue weighted by molar-refractivity contribution is 0.0734. The molecular formula is C31H39ClN2O2. The molecule has 1 aromatic heterocycles. The van der Waals surface area contributed by atoms with Crippen LogP contribution in [0, 0.1) is 0 Å². The molecule has 0 aliphatic heterocycles. The minimum atomic E-state index is -0.417. The zero-order valence-corrected chi connectivity index (χ0v) is 22.5. The van der Waals surface area contributed by atoms with Crippen LogP contribution in [0.5, 0.6) is 5.75 Å². The number of halogens is 1. The Labute approximate surface area is 221 Å². The molecule has 0 bridgehead atoms. The summed E-state index contributed by atoms with van der Waals surface area (Å²) in [4.78, 5) is 21.6. The van der Waals surface area contributed by atoms with Crippen molar-refractivity contribution in [3.63, 3.8) is 0 Å². The Kier molecular flexibility index (Phi) is 11.9. The average molecular weight is 507 g/mol. The molecule has 4 nitrogen and oxygen atoms in total. The highest BCUT2D eigenvalue weighted by Gasteiger charge is 2.12. The normalized spacial score (nSPS) is 11.0. The first-order valence-corrected chi connectivity index (χ1v) is 13.9. The Morgan fingerprint density at radius 3 is 2.06 bits per heavy atom. The molecular weight excluding hydrogens is 468 g/mol. The minimum Gasteiger partial charge on any atom is -0.423 e. The van der Waals surface area contributed by atoms with Gasteiger partial charge in [-0.2, -0.15) is 0 Å². The van der Waals surface area contributed by atoms with Gasteiger partial charge in [0.1, 0.15) is 5.75 Å². The molecule has 36 heavy (non-hydrogen) atoms. The fourth-order valence-corrected chi connectivity index (χ4v) is 4.47. The van der Waals surface area contributed by atoms with E-state index in [1.165, 1.54) is 51.4 Å². The van der Waals surface area contributed by atoms with E-state index in [0.29, 0.717) is 22.2 Å². The largest absolute Gasteiger partial charge is 0.423 e. The second kappa shape index (κ2) is 15.4. The topological polar surface area (TPSA) is 52.1 Å². The number of esters is 1. The molecule has 2 aromatic carbocycles. The fourth-order valence-electron chi connectivity index (χ4n) is 4.20. The van der Waals surface area contributed by atoms with Crippen LogP contribution >= 0.6 is 11.6 Å². The van der Waals surface area contributed by atoms with Crippen LogP contribution in [0.3, 0.4) is 0 Å². The van der Waals surface area contributed by atoms with Crippen LogP contribution in [0.4, 0.5) is 0 Å². The predicted octanol–water partition coefficient (Wildman–Crippen LogP) is 9.04. The lowest BCUT2D eigenvalue weighted by atomic mass is 10.0. The van der Waals surface area contributed by atoms with E-state index in [1.807, 2.05) is 30.6 Å². The number of aromatic nitrogens is 2. The second-order valence-corrected chi connectivity index (χ2v) is 9.87. The van der Waals surface area contributed by atoms with E-state index in [0.717, 1.165) is 42.4 Å². The molecule has 0 saturated carbocycles. The zero-order valence-electron chi connectivity index (χ0n) is 21.8. The van der Waals surface area contributed by atoms with E-state index in [2.05, 4.69) is 23.8 Å². The number of carbonyl (C=O) groups is 1. The molecule has 0 N–H and O–H groups in total. The van der Waals surface area contributed by atoms with Gasteiger partial charge in [-0.05, 0) is 73.2 Å². The maximum Gasteiger partial charge on any atom is 0.343 e. The molecule has 0 aliphatic rings. The van der Waals surface area contributed by atoms with E-state index in [9.17, 15) is 4.79 Å². The molecule has 1 heterocycles. The van der Waals surface area contributed by atoms with Crippen molar-refractivity contribution in [1.82, 2.24) is 9.97 Å². The van der Waals surface area contributed by atoms with Gasteiger partial charge < -0.3 is 4.74 Å². The first-order chi connectivity index (χ1) is 17.6. The van der Waals surface area contributed by atoms with Crippen LogP contribution in [0.2, 0.25) is 5.02 Å². The molecule has 0 radical (unpaired) electrons. The van der Waals surface area contributed by atoms with Crippen LogP contribution in [-0.4, -0.2) is 15.9 Å². The maximum atomic E-state index is 12.7. The fraction of sp³-hybridized carbons (Fsp3) is 0.452. The van der Waals surface area contributed by atoms with Gasteiger partial charge in [0.2, 0.25) is 0 Å². The number of aryl methyl sites for hydroxylation is 2. The smallest absolute Gasteiger partial charge is 0.343 e. The van der Waals surface area contributed by atoms with E-state index >= 15 is 0 Å². The zero-order chi connectivity index (χ0) is 25.6. The van der Waals surface area contributed by atoms with Crippen molar-refractivity contribution in [2.75, 3.05) is 0 Å². The van der Waals surface area contributed by atoms with Crippen LogP contribution in [0.1, 0.15) is 99.5 Å². The Hall–Kier alpha value is -2.72.